The summed E-state index contributed by atoms with van der Waals surface area (Å²) in [7, 11) is 0. The van der Waals surface area contributed by atoms with E-state index in [0.29, 0.717) is 0 Å². The standard InChI is InChI=1S/C14H21N5O/c20-13(12-4-1-5-15-12)18-8-3-9-19(11-10-18)14-16-6-2-7-17-14/h2,6-7,12,15H,1,3-5,8-11H2/t12-/m0/s1. The molecule has 0 saturated carbocycles. The molecule has 1 amide bonds. The number of amides is 1. The minimum Gasteiger partial charge on any atom is -0.340 e. The fraction of sp³-hybridized carbons (Fsp3) is 0.643. The Hall–Kier alpha value is -1.69. The molecular formula is C14H21N5O. The van der Waals surface area contributed by atoms with Crippen molar-refractivity contribution in [3.8, 4) is 0 Å². The highest BCUT2D eigenvalue weighted by atomic mass is 16.2. The molecule has 6 nitrogen and oxygen atoms in total. The van der Waals surface area contributed by atoms with Crippen LogP contribution in [0.1, 0.15) is 19.3 Å². The number of rotatable bonds is 2. The highest BCUT2D eigenvalue weighted by Crippen LogP contribution is 2.13. The predicted octanol–water partition coefficient (Wildman–Crippen LogP) is 0.267. The van der Waals surface area contributed by atoms with E-state index in [1.807, 2.05) is 11.0 Å². The third-order valence-electron chi connectivity index (χ3n) is 4.00. The summed E-state index contributed by atoms with van der Waals surface area (Å²) in [6, 6.07) is 1.86. The summed E-state index contributed by atoms with van der Waals surface area (Å²) >= 11 is 0. The van der Waals surface area contributed by atoms with Crippen LogP contribution in [0.25, 0.3) is 0 Å². The van der Waals surface area contributed by atoms with E-state index in [-0.39, 0.29) is 11.9 Å². The van der Waals surface area contributed by atoms with Crippen molar-refractivity contribution in [3.63, 3.8) is 0 Å². The summed E-state index contributed by atoms with van der Waals surface area (Å²) in [5.41, 5.74) is 0. The molecule has 2 aliphatic rings. The van der Waals surface area contributed by atoms with Gasteiger partial charge in [0.15, 0.2) is 0 Å². The highest BCUT2D eigenvalue weighted by Gasteiger charge is 2.28. The van der Waals surface area contributed by atoms with Gasteiger partial charge < -0.3 is 15.1 Å². The van der Waals surface area contributed by atoms with Gasteiger partial charge in [0.25, 0.3) is 0 Å². The van der Waals surface area contributed by atoms with Crippen molar-refractivity contribution in [1.82, 2.24) is 20.2 Å². The Kier molecular flexibility index (Phi) is 4.11. The molecule has 1 N–H and O–H groups in total. The molecule has 2 aliphatic heterocycles. The van der Waals surface area contributed by atoms with Crippen molar-refractivity contribution in [2.24, 2.45) is 0 Å². The molecule has 108 valence electrons. The van der Waals surface area contributed by atoms with Crippen molar-refractivity contribution in [2.45, 2.75) is 25.3 Å². The van der Waals surface area contributed by atoms with E-state index in [1.54, 1.807) is 12.4 Å². The molecular weight excluding hydrogens is 254 g/mol. The summed E-state index contributed by atoms with van der Waals surface area (Å²) in [5, 5.41) is 3.29. The Balaban J connectivity index is 1.60. The number of nitrogens with zero attached hydrogens (tertiary/aromatic N) is 4. The van der Waals surface area contributed by atoms with Gasteiger partial charge in [-0.1, -0.05) is 0 Å². The van der Waals surface area contributed by atoms with Crippen LogP contribution in [-0.2, 0) is 4.79 Å². The molecule has 1 aromatic rings. The lowest BCUT2D eigenvalue weighted by molar-refractivity contribution is -0.132. The van der Waals surface area contributed by atoms with Crippen LogP contribution >= 0.6 is 0 Å². The van der Waals surface area contributed by atoms with Crippen LogP contribution in [-0.4, -0.2) is 59.5 Å². The molecule has 2 saturated heterocycles. The van der Waals surface area contributed by atoms with Crippen LogP contribution in [0, 0.1) is 0 Å². The third-order valence-corrected chi connectivity index (χ3v) is 4.00. The number of carbonyl (C=O) groups is 1. The molecule has 1 aromatic heterocycles. The van der Waals surface area contributed by atoms with Gasteiger partial charge in [-0.2, -0.15) is 0 Å². The fourth-order valence-electron chi connectivity index (χ4n) is 2.91. The van der Waals surface area contributed by atoms with E-state index in [0.717, 1.165) is 57.9 Å². The van der Waals surface area contributed by atoms with Gasteiger partial charge >= 0.3 is 0 Å². The first-order chi connectivity index (χ1) is 9.84. The lowest BCUT2D eigenvalue weighted by Crippen LogP contribution is -2.45. The molecule has 0 bridgehead atoms. The maximum Gasteiger partial charge on any atom is 0.239 e. The van der Waals surface area contributed by atoms with Gasteiger partial charge in [-0.05, 0) is 31.9 Å². The van der Waals surface area contributed by atoms with Crippen LogP contribution < -0.4 is 10.2 Å². The van der Waals surface area contributed by atoms with Crippen LogP contribution in [0.2, 0.25) is 0 Å². The Bertz CT molecular complexity index is 446. The molecule has 6 heteroatoms. The van der Waals surface area contributed by atoms with Gasteiger partial charge in [-0.15, -0.1) is 0 Å². The summed E-state index contributed by atoms with van der Waals surface area (Å²) in [4.78, 5) is 25.1. The minimum absolute atomic E-state index is 0.0366. The highest BCUT2D eigenvalue weighted by molar-refractivity contribution is 5.82. The van der Waals surface area contributed by atoms with Crippen molar-refractivity contribution in [3.05, 3.63) is 18.5 Å². The minimum atomic E-state index is 0.0366. The van der Waals surface area contributed by atoms with E-state index in [4.69, 9.17) is 0 Å². The Morgan fingerprint density at radius 1 is 1.15 bits per heavy atom. The maximum atomic E-state index is 12.4. The van der Waals surface area contributed by atoms with Gasteiger partial charge in [-0.25, -0.2) is 9.97 Å². The second-order valence-electron chi connectivity index (χ2n) is 5.36. The van der Waals surface area contributed by atoms with Gasteiger partial charge in [-0.3, -0.25) is 4.79 Å². The molecule has 0 radical (unpaired) electrons. The first-order valence-electron chi connectivity index (χ1n) is 7.39. The molecule has 0 unspecified atom stereocenters. The first-order valence-corrected chi connectivity index (χ1v) is 7.39. The lowest BCUT2D eigenvalue weighted by atomic mass is 10.2. The molecule has 3 heterocycles. The summed E-state index contributed by atoms with van der Waals surface area (Å²) in [5.74, 6) is 1.03. The van der Waals surface area contributed by atoms with Gasteiger partial charge in [0, 0.05) is 38.6 Å². The van der Waals surface area contributed by atoms with Gasteiger partial charge in [0.2, 0.25) is 11.9 Å². The number of anilines is 1. The van der Waals surface area contributed by atoms with E-state index in [1.165, 1.54) is 0 Å². The van der Waals surface area contributed by atoms with E-state index in [2.05, 4.69) is 20.2 Å². The summed E-state index contributed by atoms with van der Waals surface area (Å²) < 4.78 is 0. The van der Waals surface area contributed by atoms with Crippen LogP contribution in [0.3, 0.4) is 0 Å². The smallest absolute Gasteiger partial charge is 0.239 e. The van der Waals surface area contributed by atoms with Crippen molar-refractivity contribution in [2.75, 3.05) is 37.6 Å². The average Bonchev–Trinajstić information content (AvgIpc) is 2.92. The van der Waals surface area contributed by atoms with E-state index < -0.39 is 0 Å². The zero-order valence-corrected chi connectivity index (χ0v) is 11.7. The quantitative estimate of drug-likeness (QED) is 0.839. The maximum absolute atomic E-state index is 12.4. The van der Waals surface area contributed by atoms with E-state index in [9.17, 15) is 4.79 Å². The summed E-state index contributed by atoms with van der Waals surface area (Å²) in [6.45, 7) is 4.28. The van der Waals surface area contributed by atoms with Crippen molar-refractivity contribution in [1.29, 1.82) is 0 Å². The molecule has 3 rings (SSSR count). The van der Waals surface area contributed by atoms with Gasteiger partial charge in [0.05, 0.1) is 6.04 Å². The topological polar surface area (TPSA) is 61.4 Å². The van der Waals surface area contributed by atoms with Crippen molar-refractivity contribution >= 4 is 11.9 Å². The fourth-order valence-corrected chi connectivity index (χ4v) is 2.91. The second-order valence-corrected chi connectivity index (χ2v) is 5.36. The number of aromatic nitrogens is 2. The van der Waals surface area contributed by atoms with Crippen molar-refractivity contribution < 1.29 is 4.79 Å². The largest absolute Gasteiger partial charge is 0.340 e. The monoisotopic (exact) mass is 275 g/mol. The Morgan fingerprint density at radius 3 is 2.75 bits per heavy atom. The number of hydrogen-bond donors (Lipinski definition) is 1. The third kappa shape index (κ3) is 2.90. The molecule has 0 aliphatic carbocycles. The molecule has 1 atom stereocenters. The van der Waals surface area contributed by atoms with Gasteiger partial charge in [0.1, 0.15) is 0 Å². The van der Waals surface area contributed by atoms with Crippen LogP contribution in [0.5, 0.6) is 0 Å². The molecule has 0 aromatic carbocycles. The summed E-state index contributed by atoms with van der Waals surface area (Å²) in [6.07, 6.45) is 6.57. The zero-order valence-electron chi connectivity index (χ0n) is 11.7. The second kappa shape index (κ2) is 6.17. The predicted molar refractivity (Wildman–Crippen MR) is 76.5 cm³/mol. The van der Waals surface area contributed by atoms with Crippen LogP contribution in [0.15, 0.2) is 18.5 Å². The zero-order chi connectivity index (χ0) is 13.8. The lowest BCUT2D eigenvalue weighted by Gasteiger charge is -2.24. The Labute approximate surface area is 119 Å². The normalized spacial score (nSPS) is 23.7. The first kappa shape index (κ1) is 13.3. The SMILES string of the molecule is O=C([C@@H]1CCCN1)N1CCCN(c2ncccn2)CC1. The molecule has 20 heavy (non-hydrogen) atoms. The van der Waals surface area contributed by atoms with E-state index >= 15 is 0 Å². The number of nitrogens with one attached hydrogen (secondary N) is 1. The Morgan fingerprint density at radius 2 is 2.00 bits per heavy atom. The average molecular weight is 275 g/mol. The number of carbonyl (C=O) groups excluding carboxylic acids is 1. The number of hydrogen-bond acceptors (Lipinski definition) is 5. The van der Waals surface area contributed by atoms with Crippen LogP contribution in [0.4, 0.5) is 5.95 Å². The molecule has 0 spiro atoms. The molecule has 2 fully saturated rings.